The number of hydrogen-bond donors (Lipinski definition) is 0. The molecule has 0 N–H and O–H groups in total. The average Bonchev–Trinajstić information content (AvgIpc) is 3.18. The van der Waals surface area contributed by atoms with Gasteiger partial charge in [0.1, 0.15) is 5.60 Å². The van der Waals surface area contributed by atoms with Crippen LogP contribution in [0.15, 0.2) is 30.6 Å². The zero-order chi connectivity index (χ0) is 18.1. The van der Waals surface area contributed by atoms with E-state index in [-0.39, 0.29) is 11.5 Å². The molecule has 0 bridgehead atoms. The lowest BCUT2D eigenvalue weighted by Crippen LogP contribution is -2.66. The summed E-state index contributed by atoms with van der Waals surface area (Å²) in [5, 5.41) is 0. The van der Waals surface area contributed by atoms with Crippen LogP contribution in [0.1, 0.15) is 32.1 Å². The molecule has 2 aliphatic rings. The minimum absolute atomic E-state index is 0.128. The molecule has 0 radical (unpaired) electrons. The predicted molar refractivity (Wildman–Crippen MR) is 100 cm³/mol. The number of pyridine rings is 1. The molecule has 2 aromatic heterocycles. The topological polar surface area (TPSA) is 51.7 Å². The number of aromatic nitrogens is 1. The van der Waals surface area contributed by atoms with Crippen LogP contribution in [0.25, 0.3) is 0 Å². The van der Waals surface area contributed by atoms with Crippen molar-refractivity contribution < 1.29 is 14.3 Å². The van der Waals surface area contributed by atoms with Gasteiger partial charge in [-0.3, -0.25) is 9.78 Å². The second-order valence-corrected chi connectivity index (χ2v) is 8.54. The second-order valence-electron chi connectivity index (χ2n) is 7.28. The van der Waals surface area contributed by atoms with E-state index < -0.39 is 0 Å². The molecule has 0 aromatic carbocycles. The zero-order valence-electron chi connectivity index (χ0n) is 15.2. The molecule has 4 rings (SSSR count). The van der Waals surface area contributed by atoms with E-state index in [2.05, 4.69) is 18.8 Å². The Morgan fingerprint density at radius 1 is 1.38 bits per heavy atom. The molecular weight excluding hydrogens is 348 g/mol. The summed E-state index contributed by atoms with van der Waals surface area (Å²) in [6.07, 6.45) is 4.56. The zero-order valence-corrected chi connectivity index (χ0v) is 16.1. The third kappa shape index (κ3) is 3.29. The second kappa shape index (κ2) is 7.10. The van der Waals surface area contributed by atoms with E-state index in [0.717, 1.165) is 23.5 Å². The van der Waals surface area contributed by atoms with Crippen molar-refractivity contribution in [2.45, 2.75) is 32.5 Å². The molecule has 138 valence electrons. The van der Waals surface area contributed by atoms with Crippen LogP contribution in [-0.2, 0) is 16.1 Å². The minimum atomic E-state index is -0.213. The van der Waals surface area contributed by atoms with Crippen LogP contribution < -0.4 is 0 Å². The standard InChI is InChI=1S/C20H24N2O3S/c1-14-9-18(26-15(14)2)19(23)22-12-20(13-22)17(5-8-25-20)11-24-10-16-3-6-21-7-4-16/h3-4,6-7,9,17H,5,8,10-13H2,1-2H3/t17-/m0/s1. The fraction of sp³-hybridized carbons (Fsp3) is 0.500. The Morgan fingerprint density at radius 2 is 2.15 bits per heavy atom. The van der Waals surface area contributed by atoms with Crippen molar-refractivity contribution in [2.75, 3.05) is 26.3 Å². The van der Waals surface area contributed by atoms with Gasteiger partial charge in [-0.1, -0.05) is 0 Å². The number of amides is 1. The van der Waals surface area contributed by atoms with E-state index in [1.165, 1.54) is 10.4 Å². The molecule has 6 heteroatoms. The maximum absolute atomic E-state index is 12.7. The number of likely N-dealkylation sites (tertiary alicyclic amines) is 1. The minimum Gasteiger partial charge on any atom is -0.376 e. The molecule has 0 saturated carbocycles. The molecule has 0 aliphatic carbocycles. The molecule has 2 saturated heterocycles. The van der Waals surface area contributed by atoms with Gasteiger partial charge in [-0.15, -0.1) is 11.3 Å². The average molecular weight is 372 g/mol. The van der Waals surface area contributed by atoms with Gasteiger partial charge in [-0.25, -0.2) is 0 Å². The largest absolute Gasteiger partial charge is 0.376 e. The van der Waals surface area contributed by atoms with Crippen LogP contribution in [0.4, 0.5) is 0 Å². The molecule has 26 heavy (non-hydrogen) atoms. The van der Waals surface area contributed by atoms with Gasteiger partial charge in [0.05, 0.1) is 31.2 Å². The van der Waals surface area contributed by atoms with Crippen molar-refractivity contribution in [3.63, 3.8) is 0 Å². The van der Waals surface area contributed by atoms with Crippen molar-refractivity contribution >= 4 is 17.2 Å². The fourth-order valence-electron chi connectivity index (χ4n) is 3.75. The Hall–Kier alpha value is -1.76. The molecule has 2 aliphatic heterocycles. The normalized spacial score (nSPS) is 21.2. The smallest absolute Gasteiger partial charge is 0.264 e. The third-order valence-electron chi connectivity index (χ3n) is 5.52. The van der Waals surface area contributed by atoms with Crippen LogP contribution in [-0.4, -0.2) is 47.7 Å². The van der Waals surface area contributed by atoms with Crippen molar-refractivity contribution in [1.29, 1.82) is 0 Å². The van der Waals surface area contributed by atoms with Gasteiger partial charge in [0.15, 0.2) is 0 Å². The summed E-state index contributed by atoms with van der Waals surface area (Å²) >= 11 is 1.58. The summed E-state index contributed by atoms with van der Waals surface area (Å²) < 4.78 is 12.0. The fourth-order valence-corrected chi connectivity index (χ4v) is 4.75. The highest BCUT2D eigenvalue weighted by molar-refractivity contribution is 7.14. The molecule has 2 aromatic rings. The summed E-state index contributed by atoms with van der Waals surface area (Å²) in [5.41, 5.74) is 2.10. The highest BCUT2D eigenvalue weighted by Crippen LogP contribution is 2.41. The lowest BCUT2D eigenvalue weighted by molar-refractivity contribution is -0.128. The number of aryl methyl sites for hydroxylation is 2. The monoisotopic (exact) mass is 372 g/mol. The van der Waals surface area contributed by atoms with Gasteiger partial charge in [0.2, 0.25) is 0 Å². The molecule has 0 unspecified atom stereocenters. The first-order chi connectivity index (χ1) is 12.6. The third-order valence-corrected chi connectivity index (χ3v) is 6.66. The van der Waals surface area contributed by atoms with Crippen molar-refractivity contribution in [3.8, 4) is 0 Å². The number of ether oxygens (including phenoxy) is 2. The Labute approximate surface area is 157 Å². The van der Waals surface area contributed by atoms with Crippen LogP contribution in [0.2, 0.25) is 0 Å². The number of carbonyl (C=O) groups excluding carboxylic acids is 1. The first-order valence-corrected chi connectivity index (χ1v) is 9.86. The van der Waals surface area contributed by atoms with E-state index in [4.69, 9.17) is 9.47 Å². The summed E-state index contributed by atoms with van der Waals surface area (Å²) in [7, 11) is 0. The quantitative estimate of drug-likeness (QED) is 0.809. The van der Waals surface area contributed by atoms with Gasteiger partial charge in [-0.2, -0.15) is 0 Å². The summed E-state index contributed by atoms with van der Waals surface area (Å²) in [6.45, 7) is 7.47. The van der Waals surface area contributed by atoms with Crippen molar-refractivity contribution in [3.05, 3.63) is 51.5 Å². The summed E-state index contributed by atoms with van der Waals surface area (Å²) in [5.74, 6) is 0.476. The Kier molecular flexibility index (Phi) is 4.82. The molecule has 4 heterocycles. The van der Waals surface area contributed by atoms with E-state index in [9.17, 15) is 4.79 Å². The molecular formula is C20H24N2O3S. The van der Waals surface area contributed by atoms with E-state index >= 15 is 0 Å². The van der Waals surface area contributed by atoms with Crippen LogP contribution in [0.5, 0.6) is 0 Å². The van der Waals surface area contributed by atoms with Gasteiger partial charge in [0, 0.05) is 29.8 Å². The summed E-state index contributed by atoms with van der Waals surface area (Å²) in [6, 6.07) is 5.93. The van der Waals surface area contributed by atoms with Gasteiger partial charge < -0.3 is 14.4 Å². The van der Waals surface area contributed by atoms with Gasteiger partial charge >= 0.3 is 0 Å². The lowest BCUT2D eigenvalue weighted by atomic mass is 9.81. The predicted octanol–water partition coefficient (Wildman–Crippen LogP) is 3.21. The van der Waals surface area contributed by atoms with E-state index in [1.807, 2.05) is 23.1 Å². The highest BCUT2D eigenvalue weighted by atomic mass is 32.1. The Balaban J connectivity index is 1.32. The number of carbonyl (C=O) groups is 1. The molecule has 1 spiro atoms. The molecule has 1 atom stereocenters. The molecule has 2 fully saturated rings. The van der Waals surface area contributed by atoms with Gasteiger partial charge in [-0.05, 0) is 49.6 Å². The first kappa shape index (κ1) is 17.6. The Morgan fingerprint density at radius 3 is 2.85 bits per heavy atom. The Bertz CT molecular complexity index is 764. The first-order valence-electron chi connectivity index (χ1n) is 9.04. The van der Waals surface area contributed by atoms with Crippen LogP contribution in [0.3, 0.4) is 0 Å². The van der Waals surface area contributed by atoms with Crippen molar-refractivity contribution in [1.82, 2.24) is 9.88 Å². The summed E-state index contributed by atoms with van der Waals surface area (Å²) in [4.78, 5) is 20.7. The lowest BCUT2D eigenvalue weighted by Gasteiger charge is -2.50. The number of thiophene rings is 1. The van der Waals surface area contributed by atoms with Crippen LogP contribution >= 0.6 is 11.3 Å². The highest BCUT2D eigenvalue weighted by Gasteiger charge is 2.54. The van der Waals surface area contributed by atoms with Crippen LogP contribution in [0, 0.1) is 19.8 Å². The van der Waals surface area contributed by atoms with Crippen molar-refractivity contribution in [2.24, 2.45) is 5.92 Å². The number of rotatable bonds is 5. The maximum atomic E-state index is 12.7. The SMILES string of the molecule is Cc1cc(C(=O)N2CC3(C2)OCC[C@H]3COCc2ccncc2)sc1C. The number of hydrogen-bond acceptors (Lipinski definition) is 5. The van der Waals surface area contributed by atoms with E-state index in [1.54, 1.807) is 23.7 Å². The molecule has 1 amide bonds. The van der Waals surface area contributed by atoms with E-state index in [0.29, 0.717) is 32.2 Å². The molecule has 5 nitrogen and oxygen atoms in total. The number of nitrogens with zero attached hydrogens (tertiary/aromatic N) is 2. The maximum Gasteiger partial charge on any atom is 0.264 e. The van der Waals surface area contributed by atoms with Gasteiger partial charge in [0.25, 0.3) is 5.91 Å².